The van der Waals surface area contributed by atoms with Crippen molar-refractivity contribution in [2.75, 3.05) is 6.54 Å². The number of pyridine rings is 1. The lowest BCUT2D eigenvalue weighted by Crippen LogP contribution is -2.30. The van der Waals surface area contributed by atoms with E-state index in [1.165, 1.54) is 24.0 Å². The summed E-state index contributed by atoms with van der Waals surface area (Å²) in [6.45, 7) is 4.04. The molecule has 1 aliphatic carbocycles. The van der Waals surface area contributed by atoms with Crippen LogP contribution in [0.15, 0.2) is 59.4 Å². The van der Waals surface area contributed by atoms with Crippen molar-refractivity contribution in [3.8, 4) is 0 Å². The van der Waals surface area contributed by atoms with Gasteiger partial charge in [0.2, 0.25) is 0 Å². The van der Waals surface area contributed by atoms with Crippen LogP contribution in [0.4, 0.5) is 0 Å². The molecule has 1 N–H and O–H groups in total. The van der Waals surface area contributed by atoms with Crippen LogP contribution in [0.5, 0.6) is 0 Å². The molecule has 33 heavy (non-hydrogen) atoms. The van der Waals surface area contributed by atoms with E-state index in [1.807, 2.05) is 28.9 Å². The van der Waals surface area contributed by atoms with Crippen molar-refractivity contribution < 1.29 is 0 Å². The highest BCUT2D eigenvalue weighted by atomic mass is 16.1. The maximum Gasteiger partial charge on any atom is 0.252 e. The van der Waals surface area contributed by atoms with E-state index in [9.17, 15) is 4.79 Å². The molecule has 170 valence electrons. The number of benzene rings is 2. The van der Waals surface area contributed by atoms with Crippen LogP contribution in [0.1, 0.15) is 54.2 Å². The molecule has 1 saturated carbocycles. The van der Waals surface area contributed by atoms with Crippen LogP contribution < -0.4 is 5.56 Å². The molecule has 0 radical (unpaired) electrons. The third-order valence-corrected chi connectivity index (χ3v) is 6.63. The number of hydrogen-bond donors (Lipinski definition) is 1. The van der Waals surface area contributed by atoms with E-state index in [-0.39, 0.29) is 5.56 Å². The molecule has 0 bridgehead atoms. The summed E-state index contributed by atoms with van der Waals surface area (Å²) < 4.78 is 2.01. The topological polar surface area (TPSA) is 79.7 Å². The molecule has 2 heterocycles. The van der Waals surface area contributed by atoms with Gasteiger partial charge < -0.3 is 4.98 Å². The summed E-state index contributed by atoms with van der Waals surface area (Å²) in [5, 5.41) is 13.7. The average molecular weight is 443 g/mol. The van der Waals surface area contributed by atoms with E-state index >= 15 is 0 Å². The Morgan fingerprint density at radius 3 is 2.70 bits per heavy atom. The van der Waals surface area contributed by atoms with Gasteiger partial charge in [-0.15, -0.1) is 5.10 Å². The number of aromatic nitrogens is 5. The fourth-order valence-corrected chi connectivity index (χ4v) is 4.82. The molecule has 0 saturated heterocycles. The molecule has 0 spiro atoms. The van der Waals surface area contributed by atoms with E-state index in [0.717, 1.165) is 48.1 Å². The molecule has 0 atom stereocenters. The van der Waals surface area contributed by atoms with E-state index in [4.69, 9.17) is 0 Å². The predicted octanol–water partition coefficient (Wildman–Crippen LogP) is 4.18. The zero-order valence-electron chi connectivity index (χ0n) is 19.1. The molecular weight excluding hydrogens is 412 g/mol. The molecule has 0 unspecified atom stereocenters. The zero-order valence-corrected chi connectivity index (χ0v) is 19.1. The van der Waals surface area contributed by atoms with E-state index in [0.29, 0.717) is 19.1 Å². The minimum atomic E-state index is -0.0357. The second-order valence-electron chi connectivity index (χ2n) is 9.14. The van der Waals surface area contributed by atoms with Crippen molar-refractivity contribution in [2.24, 2.45) is 0 Å². The molecule has 1 fully saturated rings. The van der Waals surface area contributed by atoms with Crippen LogP contribution in [0.3, 0.4) is 0 Å². The number of tetrazole rings is 1. The molecule has 7 nitrogen and oxygen atoms in total. The highest BCUT2D eigenvalue weighted by Gasteiger charge is 2.23. The van der Waals surface area contributed by atoms with Gasteiger partial charge in [0.1, 0.15) is 0 Å². The van der Waals surface area contributed by atoms with E-state index in [1.54, 1.807) is 0 Å². The van der Waals surface area contributed by atoms with Crippen LogP contribution in [0.25, 0.3) is 10.9 Å². The number of H-pyrrole nitrogens is 1. The lowest BCUT2D eigenvalue weighted by molar-refractivity contribution is 0.243. The average Bonchev–Trinajstić information content (AvgIpc) is 3.51. The number of nitrogens with zero attached hydrogens (tertiary/aromatic N) is 5. The highest BCUT2D eigenvalue weighted by molar-refractivity contribution is 5.79. The Morgan fingerprint density at radius 1 is 1.06 bits per heavy atom. The summed E-state index contributed by atoms with van der Waals surface area (Å²) in [5.74, 6) is 0.878. The molecule has 0 aliphatic heterocycles. The van der Waals surface area contributed by atoms with Crippen molar-refractivity contribution in [3.05, 3.63) is 87.5 Å². The summed E-state index contributed by atoms with van der Waals surface area (Å²) in [7, 11) is 0. The van der Waals surface area contributed by atoms with Crippen LogP contribution in [0, 0.1) is 6.92 Å². The van der Waals surface area contributed by atoms with Crippen molar-refractivity contribution in [1.82, 2.24) is 30.1 Å². The molecule has 5 rings (SSSR count). The van der Waals surface area contributed by atoms with Crippen LogP contribution in [-0.4, -0.2) is 36.6 Å². The standard InChI is InChI=1S/C26H30N6O/c1-19-11-12-24-21(15-19)16-22(26(33)27-24)17-31(14-13-20-7-3-2-4-8-20)18-25-28-29-30-32(25)23-9-5-6-10-23/h2-4,7-8,11-12,15-16,23H,5-6,9-10,13-14,17-18H2,1H3,(H,27,33). The van der Waals surface area contributed by atoms with Crippen LogP contribution in [-0.2, 0) is 19.5 Å². The van der Waals surface area contributed by atoms with Gasteiger partial charge >= 0.3 is 0 Å². The smallest absolute Gasteiger partial charge is 0.252 e. The van der Waals surface area contributed by atoms with Crippen molar-refractivity contribution in [2.45, 2.75) is 58.2 Å². The monoisotopic (exact) mass is 442 g/mol. The Labute approximate surface area is 193 Å². The van der Waals surface area contributed by atoms with Gasteiger partial charge in [0.25, 0.3) is 5.56 Å². The van der Waals surface area contributed by atoms with E-state index in [2.05, 4.69) is 62.7 Å². The molecular formula is C26H30N6O. The maximum atomic E-state index is 12.9. The minimum Gasteiger partial charge on any atom is -0.322 e. The lowest BCUT2D eigenvalue weighted by atomic mass is 10.1. The first-order chi connectivity index (χ1) is 16.2. The normalized spacial score (nSPS) is 14.5. The highest BCUT2D eigenvalue weighted by Crippen LogP contribution is 2.29. The largest absolute Gasteiger partial charge is 0.322 e. The first-order valence-corrected chi connectivity index (χ1v) is 11.8. The zero-order chi connectivity index (χ0) is 22.6. The minimum absolute atomic E-state index is 0.0357. The van der Waals surface area contributed by atoms with Crippen LogP contribution in [0.2, 0.25) is 0 Å². The van der Waals surface area contributed by atoms with Gasteiger partial charge in [0, 0.05) is 24.2 Å². The number of nitrogens with one attached hydrogen (secondary N) is 1. The van der Waals surface area contributed by atoms with E-state index < -0.39 is 0 Å². The van der Waals surface area contributed by atoms with Crippen LogP contribution >= 0.6 is 0 Å². The van der Waals surface area contributed by atoms with Gasteiger partial charge in [-0.25, -0.2) is 4.68 Å². The number of hydrogen-bond acceptors (Lipinski definition) is 5. The fraction of sp³-hybridized carbons (Fsp3) is 0.385. The number of fused-ring (bicyclic) bond motifs is 1. The summed E-state index contributed by atoms with van der Waals surface area (Å²) >= 11 is 0. The Hall–Kier alpha value is -3.32. The first-order valence-electron chi connectivity index (χ1n) is 11.8. The van der Waals surface area contributed by atoms with Gasteiger partial charge in [0.05, 0.1) is 12.6 Å². The summed E-state index contributed by atoms with van der Waals surface area (Å²) in [6.07, 6.45) is 5.62. The number of aromatic amines is 1. The Balaban J connectivity index is 1.41. The third kappa shape index (κ3) is 5.03. The second-order valence-corrected chi connectivity index (χ2v) is 9.14. The molecule has 4 aromatic rings. The Morgan fingerprint density at radius 2 is 1.88 bits per heavy atom. The maximum absolute atomic E-state index is 12.9. The quantitative estimate of drug-likeness (QED) is 0.443. The molecule has 2 aromatic heterocycles. The molecule has 0 amide bonds. The van der Waals surface area contributed by atoms with Gasteiger partial charge in [-0.1, -0.05) is 54.8 Å². The van der Waals surface area contributed by atoms with Gasteiger partial charge in [0.15, 0.2) is 5.82 Å². The molecule has 2 aromatic carbocycles. The summed E-state index contributed by atoms with van der Waals surface area (Å²) in [4.78, 5) is 18.2. The lowest BCUT2D eigenvalue weighted by Gasteiger charge is -2.23. The fourth-order valence-electron chi connectivity index (χ4n) is 4.82. The number of rotatable bonds is 8. The SMILES string of the molecule is Cc1ccc2[nH]c(=O)c(CN(CCc3ccccc3)Cc3nnnn3C3CCCC3)cc2c1. The second kappa shape index (κ2) is 9.67. The molecule has 1 aliphatic rings. The van der Waals surface area contributed by atoms with Gasteiger partial charge in [-0.3, -0.25) is 9.69 Å². The van der Waals surface area contributed by atoms with Crippen molar-refractivity contribution >= 4 is 10.9 Å². The van der Waals surface area contributed by atoms with Gasteiger partial charge in [-0.2, -0.15) is 0 Å². The summed E-state index contributed by atoms with van der Waals surface area (Å²) in [6, 6.07) is 19.0. The third-order valence-electron chi connectivity index (χ3n) is 6.63. The van der Waals surface area contributed by atoms with Crippen molar-refractivity contribution in [3.63, 3.8) is 0 Å². The Kier molecular flexibility index (Phi) is 6.30. The molecule has 7 heteroatoms. The first kappa shape index (κ1) is 21.5. The van der Waals surface area contributed by atoms with Gasteiger partial charge in [-0.05, 0) is 65.8 Å². The number of aryl methyl sites for hydroxylation is 1. The Bertz CT molecular complexity index is 1270. The summed E-state index contributed by atoms with van der Waals surface area (Å²) in [5.41, 5.74) is 4.06. The predicted molar refractivity (Wildman–Crippen MR) is 129 cm³/mol. The van der Waals surface area contributed by atoms with Crippen molar-refractivity contribution in [1.29, 1.82) is 0 Å².